The number of anilines is 2. The fourth-order valence-corrected chi connectivity index (χ4v) is 4.50. The summed E-state index contributed by atoms with van der Waals surface area (Å²) in [7, 11) is 1.59. The smallest absolute Gasteiger partial charge is 0.321 e. The van der Waals surface area contributed by atoms with Crippen LogP contribution in [0.3, 0.4) is 0 Å². The second kappa shape index (κ2) is 8.41. The maximum atomic E-state index is 13.4. The number of urea groups is 1. The number of nitrogens with zero attached hydrogens (tertiary/aromatic N) is 6. The average Bonchev–Trinajstić information content (AvgIpc) is 3.52. The maximum Gasteiger partial charge on any atom is 0.321 e. The van der Waals surface area contributed by atoms with Gasteiger partial charge in [0, 0.05) is 31.5 Å². The predicted octanol–water partition coefficient (Wildman–Crippen LogP) is 3.18. The molecule has 5 rings (SSSR count). The Morgan fingerprint density at radius 3 is 2.94 bits per heavy atom. The molecule has 2 amide bonds. The monoisotopic (exact) mass is 458 g/mol. The van der Waals surface area contributed by atoms with E-state index in [9.17, 15) is 13.6 Å². The van der Waals surface area contributed by atoms with Crippen molar-refractivity contribution in [1.29, 1.82) is 0 Å². The van der Waals surface area contributed by atoms with Crippen LogP contribution in [0.1, 0.15) is 43.8 Å². The van der Waals surface area contributed by atoms with E-state index in [1.165, 1.54) is 0 Å². The first-order valence-corrected chi connectivity index (χ1v) is 10.9. The second-order valence-corrected chi connectivity index (χ2v) is 8.35. The molecule has 0 radical (unpaired) electrons. The van der Waals surface area contributed by atoms with Crippen LogP contribution in [0.15, 0.2) is 30.6 Å². The molecule has 1 saturated heterocycles. The summed E-state index contributed by atoms with van der Waals surface area (Å²) in [6, 6.07) is 4.55. The number of hydrogen-bond donors (Lipinski definition) is 2. The van der Waals surface area contributed by atoms with Crippen molar-refractivity contribution < 1.29 is 18.3 Å². The third-order valence-corrected chi connectivity index (χ3v) is 6.09. The first-order valence-electron chi connectivity index (χ1n) is 10.9. The van der Waals surface area contributed by atoms with Crippen molar-refractivity contribution >= 4 is 23.4 Å². The van der Waals surface area contributed by atoms with Crippen LogP contribution in [0, 0.1) is 0 Å². The van der Waals surface area contributed by atoms with E-state index >= 15 is 0 Å². The van der Waals surface area contributed by atoms with E-state index in [-0.39, 0.29) is 31.3 Å². The van der Waals surface area contributed by atoms with Gasteiger partial charge in [0.2, 0.25) is 17.8 Å². The molecule has 2 fully saturated rings. The van der Waals surface area contributed by atoms with Crippen molar-refractivity contribution in [1.82, 2.24) is 29.9 Å². The highest BCUT2D eigenvalue weighted by molar-refractivity contribution is 5.88. The molecule has 3 aromatic heterocycles. The highest BCUT2D eigenvalue weighted by Crippen LogP contribution is 2.36. The lowest BCUT2D eigenvalue weighted by Crippen LogP contribution is -2.37. The van der Waals surface area contributed by atoms with Crippen molar-refractivity contribution in [2.24, 2.45) is 0 Å². The molecule has 10 nitrogen and oxygen atoms in total. The van der Waals surface area contributed by atoms with Gasteiger partial charge in [0.05, 0.1) is 31.2 Å². The van der Waals surface area contributed by atoms with Crippen LogP contribution in [0.2, 0.25) is 0 Å². The Kier molecular flexibility index (Phi) is 5.43. The SMILES string of the molecule is COc1cccc([C@H]2CCCN2c2cn3c(NC(=O)N[C@@H]4CCC(F)(F)C4)nnc3cn2)n1. The molecule has 1 saturated carbocycles. The third kappa shape index (κ3) is 4.37. The van der Waals surface area contributed by atoms with Gasteiger partial charge in [-0.05, 0) is 25.3 Å². The Hall–Kier alpha value is -3.57. The summed E-state index contributed by atoms with van der Waals surface area (Å²) in [5.74, 6) is -1.30. The van der Waals surface area contributed by atoms with Crippen LogP contribution in [0.4, 0.5) is 25.3 Å². The number of amides is 2. The summed E-state index contributed by atoms with van der Waals surface area (Å²) in [6.07, 6.45) is 4.89. The Morgan fingerprint density at radius 1 is 1.27 bits per heavy atom. The number of alkyl halides is 2. The normalized spacial score (nSPS) is 22.0. The van der Waals surface area contributed by atoms with Gasteiger partial charge in [0.15, 0.2) is 5.65 Å². The third-order valence-electron chi connectivity index (χ3n) is 6.09. The number of carbonyl (C=O) groups is 1. The Balaban J connectivity index is 1.35. The molecule has 4 heterocycles. The molecule has 2 N–H and O–H groups in total. The molecule has 1 aliphatic carbocycles. The molecule has 1 aliphatic heterocycles. The van der Waals surface area contributed by atoms with Crippen LogP contribution in [-0.4, -0.2) is 56.2 Å². The molecule has 0 aromatic carbocycles. The highest BCUT2D eigenvalue weighted by Gasteiger charge is 2.40. The molecular formula is C21H24F2N8O2. The predicted molar refractivity (Wildman–Crippen MR) is 116 cm³/mol. The number of fused-ring (bicyclic) bond motifs is 1. The summed E-state index contributed by atoms with van der Waals surface area (Å²) in [5.41, 5.74) is 1.35. The van der Waals surface area contributed by atoms with Crippen molar-refractivity contribution in [2.45, 2.75) is 50.1 Å². The average molecular weight is 458 g/mol. The van der Waals surface area contributed by atoms with Crippen molar-refractivity contribution in [3.63, 3.8) is 0 Å². The summed E-state index contributed by atoms with van der Waals surface area (Å²) in [5, 5.41) is 13.2. The molecular weight excluding hydrogens is 434 g/mol. The first-order chi connectivity index (χ1) is 15.9. The van der Waals surface area contributed by atoms with Crippen molar-refractivity contribution in [3.05, 3.63) is 36.3 Å². The minimum absolute atomic E-state index is 0.0327. The highest BCUT2D eigenvalue weighted by atomic mass is 19.3. The van der Waals surface area contributed by atoms with Gasteiger partial charge < -0.3 is 15.0 Å². The second-order valence-electron chi connectivity index (χ2n) is 8.35. The number of rotatable bonds is 5. The van der Waals surface area contributed by atoms with Gasteiger partial charge in [-0.25, -0.2) is 23.5 Å². The number of aromatic nitrogens is 5. The Bertz CT molecular complexity index is 1170. The zero-order valence-electron chi connectivity index (χ0n) is 18.0. The molecule has 0 bridgehead atoms. The molecule has 2 atom stereocenters. The minimum Gasteiger partial charge on any atom is -0.481 e. The van der Waals surface area contributed by atoms with E-state index in [2.05, 4.69) is 35.7 Å². The van der Waals surface area contributed by atoms with Gasteiger partial charge >= 0.3 is 6.03 Å². The standard InChI is InChI=1S/C21H24F2N8O2/c1-33-18-6-2-4-14(26-18)15-5-3-9-30(15)17-12-31-16(11-24-17)28-29-19(31)27-20(32)25-13-7-8-21(22,23)10-13/h2,4,6,11-13,15H,3,5,7-10H2,1H3,(H2,25,27,29,32)/t13-,15-/m1/s1. The largest absolute Gasteiger partial charge is 0.481 e. The number of methoxy groups -OCH3 is 1. The Morgan fingerprint density at radius 2 is 2.15 bits per heavy atom. The van der Waals surface area contributed by atoms with Gasteiger partial charge in [0.1, 0.15) is 5.82 Å². The molecule has 0 unspecified atom stereocenters. The zero-order valence-corrected chi connectivity index (χ0v) is 18.0. The van der Waals surface area contributed by atoms with Crippen LogP contribution < -0.4 is 20.3 Å². The molecule has 12 heteroatoms. The van der Waals surface area contributed by atoms with E-state index < -0.39 is 18.0 Å². The molecule has 2 aliphatic rings. The topological polar surface area (TPSA) is 110 Å². The number of nitrogens with one attached hydrogen (secondary N) is 2. The summed E-state index contributed by atoms with van der Waals surface area (Å²) in [4.78, 5) is 23.6. The van der Waals surface area contributed by atoms with Gasteiger partial charge in [-0.15, -0.1) is 10.2 Å². The van der Waals surface area contributed by atoms with E-state index in [1.807, 2.05) is 12.1 Å². The number of carbonyl (C=O) groups excluding carboxylic acids is 1. The number of pyridine rings is 1. The fraction of sp³-hybridized carbons (Fsp3) is 0.476. The number of hydrogen-bond acceptors (Lipinski definition) is 7. The fourth-order valence-electron chi connectivity index (χ4n) is 4.50. The van der Waals surface area contributed by atoms with Gasteiger partial charge in [0.25, 0.3) is 0 Å². The zero-order chi connectivity index (χ0) is 23.0. The van der Waals surface area contributed by atoms with E-state index in [0.717, 1.165) is 25.1 Å². The van der Waals surface area contributed by atoms with Crippen LogP contribution in [0.5, 0.6) is 5.88 Å². The summed E-state index contributed by atoms with van der Waals surface area (Å²) < 4.78 is 33.7. The number of halogens is 2. The van der Waals surface area contributed by atoms with Crippen molar-refractivity contribution in [2.75, 3.05) is 23.9 Å². The van der Waals surface area contributed by atoms with Crippen molar-refractivity contribution in [3.8, 4) is 5.88 Å². The van der Waals surface area contributed by atoms with Gasteiger partial charge in [-0.1, -0.05) is 6.07 Å². The van der Waals surface area contributed by atoms with Gasteiger partial charge in [-0.3, -0.25) is 9.72 Å². The number of ether oxygens (including phenoxy) is 1. The molecule has 33 heavy (non-hydrogen) atoms. The first kappa shape index (κ1) is 21.3. The molecule has 174 valence electrons. The summed E-state index contributed by atoms with van der Waals surface area (Å²) >= 11 is 0. The molecule has 3 aromatic rings. The van der Waals surface area contributed by atoms with Crippen LogP contribution in [0.25, 0.3) is 5.65 Å². The van der Waals surface area contributed by atoms with E-state index in [4.69, 9.17) is 4.74 Å². The van der Waals surface area contributed by atoms with Crippen LogP contribution in [-0.2, 0) is 0 Å². The minimum atomic E-state index is -2.73. The summed E-state index contributed by atoms with van der Waals surface area (Å²) in [6.45, 7) is 0.795. The van der Waals surface area contributed by atoms with E-state index in [0.29, 0.717) is 17.3 Å². The lowest BCUT2D eigenvalue weighted by molar-refractivity contribution is 0.00736. The van der Waals surface area contributed by atoms with E-state index in [1.54, 1.807) is 30.0 Å². The van der Waals surface area contributed by atoms with Crippen LogP contribution >= 0.6 is 0 Å². The quantitative estimate of drug-likeness (QED) is 0.604. The maximum absolute atomic E-state index is 13.4. The van der Waals surface area contributed by atoms with Gasteiger partial charge in [-0.2, -0.15) is 0 Å². The lowest BCUT2D eigenvalue weighted by atomic mass is 10.1. The molecule has 0 spiro atoms. The lowest BCUT2D eigenvalue weighted by Gasteiger charge is -2.25. The Labute approximate surface area is 188 Å².